The molecule has 9 heteroatoms. The predicted octanol–water partition coefficient (Wildman–Crippen LogP) is 3.02. The van der Waals surface area contributed by atoms with E-state index in [1.54, 1.807) is 49.4 Å². The Balaban J connectivity index is 1.55. The minimum Gasteiger partial charge on any atom is -0.504 e. The summed E-state index contributed by atoms with van der Waals surface area (Å²) in [5.41, 5.74) is 0.735. The normalized spacial score (nSPS) is 32.7. The van der Waals surface area contributed by atoms with Crippen molar-refractivity contribution in [2.24, 2.45) is 29.1 Å². The van der Waals surface area contributed by atoms with Gasteiger partial charge in [-0.3, -0.25) is 24.4 Å². The number of allylic oxidation sites excluding steroid dienone is 2. The molecule has 2 N–H and O–H groups in total. The van der Waals surface area contributed by atoms with E-state index >= 15 is 0 Å². The molecule has 6 atom stereocenters. The zero-order valence-electron chi connectivity index (χ0n) is 20.3. The number of phenols is 1. The number of methoxy groups -OCH3 is 1. The Kier molecular flexibility index (Phi) is 5.07. The van der Waals surface area contributed by atoms with E-state index in [0.29, 0.717) is 11.3 Å². The summed E-state index contributed by atoms with van der Waals surface area (Å²) >= 11 is 0. The third-order valence-corrected chi connectivity index (χ3v) is 8.80. The minimum atomic E-state index is -1.19. The molecule has 0 radical (unpaired) electrons. The summed E-state index contributed by atoms with van der Waals surface area (Å²) in [7, 11) is 1.43. The van der Waals surface area contributed by atoms with Crippen LogP contribution in [0.2, 0.25) is 0 Å². The van der Waals surface area contributed by atoms with E-state index < -0.39 is 46.8 Å². The molecule has 190 valence electrons. The van der Waals surface area contributed by atoms with Gasteiger partial charge in [0.25, 0.3) is 11.8 Å². The number of hydrogen-bond donors (Lipinski definition) is 2. The minimum absolute atomic E-state index is 0.0646. The van der Waals surface area contributed by atoms with E-state index in [4.69, 9.17) is 4.74 Å². The molecule has 0 spiro atoms. The number of anilines is 1. The number of fused-ring (bicyclic) bond motifs is 4. The van der Waals surface area contributed by atoms with Crippen molar-refractivity contribution in [1.82, 2.24) is 5.06 Å². The summed E-state index contributed by atoms with van der Waals surface area (Å²) in [6.07, 6.45) is 2.34. The zero-order chi connectivity index (χ0) is 26.2. The molecule has 37 heavy (non-hydrogen) atoms. The monoisotopic (exact) mass is 502 g/mol. The second kappa shape index (κ2) is 8.01. The lowest BCUT2D eigenvalue weighted by atomic mass is 9.51. The first-order chi connectivity index (χ1) is 17.7. The van der Waals surface area contributed by atoms with Gasteiger partial charge in [0.05, 0.1) is 36.0 Å². The number of amides is 4. The van der Waals surface area contributed by atoms with Crippen molar-refractivity contribution in [3.8, 4) is 11.5 Å². The summed E-state index contributed by atoms with van der Waals surface area (Å²) < 4.78 is 5.34. The van der Waals surface area contributed by atoms with Gasteiger partial charge in [-0.1, -0.05) is 35.9 Å². The fraction of sp³-hybridized carbons (Fsp3) is 0.357. The molecular weight excluding hydrogens is 476 g/mol. The fourth-order valence-electron chi connectivity index (χ4n) is 7.08. The molecule has 2 aromatic rings. The number of hydroxylamine groups is 2. The van der Waals surface area contributed by atoms with Crippen LogP contribution in [0.1, 0.15) is 31.2 Å². The number of aromatic hydroxyl groups is 1. The summed E-state index contributed by atoms with van der Waals surface area (Å²) in [5.74, 6) is -5.26. The van der Waals surface area contributed by atoms with Crippen LogP contribution in [-0.2, 0) is 19.2 Å². The molecule has 9 nitrogen and oxygen atoms in total. The highest BCUT2D eigenvalue weighted by molar-refractivity contribution is 6.24. The number of hydrogen-bond acceptors (Lipinski definition) is 7. The summed E-state index contributed by atoms with van der Waals surface area (Å²) in [6.45, 7) is 1.79. The van der Waals surface area contributed by atoms with Crippen molar-refractivity contribution in [2.75, 3.05) is 12.0 Å². The maximum atomic E-state index is 14.2. The van der Waals surface area contributed by atoms with Gasteiger partial charge in [-0.2, -0.15) is 5.06 Å². The molecule has 2 aromatic carbocycles. The second-order valence-electron chi connectivity index (χ2n) is 10.4. The Morgan fingerprint density at radius 1 is 0.973 bits per heavy atom. The van der Waals surface area contributed by atoms with Crippen LogP contribution in [-0.4, -0.2) is 46.1 Å². The van der Waals surface area contributed by atoms with Crippen LogP contribution in [0.25, 0.3) is 0 Å². The van der Waals surface area contributed by atoms with Crippen molar-refractivity contribution >= 4 is 29.3 Å². The van der Waals surface area contributed by atoms with Gasteiger partial charge >= 0.3 is 0 Å². The van der Waals surface area contributed by atoms with Crippen LogP contribution < -0.4 is 9.64 Å². The third kappa shape index (κ3) is 3.00. The van der Waals surface area contributed by atoms with Gasteiger partial charge in [-0.15, -0.1) is 0 Å². The maximum absolute atomic E-state index is 14.2. The summed E-state index contributed by atoms with van der Waals surface area (Å²) in [6, 6.07) is 13.6. The van der Waals surface area contributed by atoms with E-state index in [0.717, 1.165) is 5.57 Å². The first-order valence-electron chi connectivity index (χ1n) is 12.3. The van der Waals surface area contributed by atoms with Gasteiger partial charge in [-0.25, -0.2) is 4.90 Å². The molecule has 6 unspecified atom stereocenters. The average Bonchev–Trinajstić information content (AvgIpc) is 3.24. The molecule has 0 aromatic heterocycles. The summed E-state index contributed by atoms with van der Waals surface area (Å²) in [5, 5.41) is 20.6. The number of phenolic OH excluding ortho intramolecular Hbond substituents is 1. The van der Waals surface area contributed by atoms with Crippen molar-refractivity contribution < 1.29 is 34.2 Å². The van der Waals surface area contributed by atoms with E-state index in [1.807, 2.05) is 6.08 Å². The highest BCUT2D eigenvalue weighted by Crippen LogP contribution is 2.63. The van der Waals surface area contributed by atoms with Crippen LogP contribution in [0.4, 0.5) is 5.69 Å². The van der Waals surface area contributed by atoms with E-state index in [1.165, 1.54) is 18.1 Å². The quantitative estimate of drug-likeness (QED) is 0.376. The molecule has 2 heterocycles. The smallest absolute Gasteiger partial charge is 0.257 e. The topological polar surface area (TPSA) is 124 Å². The lowest BCUT2D eigenvalue weighted by Crippen LogP contribution is -2.48. The number of ether oxygens (including phenoxy) is 1. The van der Waals surface area contributed by atoms with Crippen molar-refractivity contribution in [2.45, 2.75) is 25.7 Å². The number of carbonyl (C=O) groups is 4. The number of imide groups is 2. The van der Waals surface area contributed by atoms with Crippen LogP contribution in [0.15, 0.2) is 60.2 Å². The van der Waals surface area contributed by atoms with Crippen LogP contribution >= 0.6 is 0 Å². The fourth-order valence-corrected chi connectivity index (χ4v) is 7.08. The highest BCUT2D eigenvalue weighted by Gasteiger charge is 2.67. The predicted molar refractivity (Wildman–Crippen MR) is 129 cm³/mol. The highest BCUT2D eigenvalue weighted by atomic mass is 16.5. The van der Waals surface area contributed by atoms with E-state index in [-0.39, 0.29) is 41.2 Å². The first kappa shape index (κ1) is 23.4. The molecule has 3 fully saturated rings. The van der Waals surface area contributed by atoms with Gasteiger partial charge in [-0.05, 0) is 55.5 Å². The van der Waals surface area contributed by atoms with Crippen molar-refractivity contribution in [1.29, 1.82) is 0 Å². The van der Waals surface area contributed by atoms with E-state index in [2.05, 4.69) is 0 Å². The van der Waals surface area contributed by atoms with Crippen molar-refractivity contribution in [3.63, 3.8) is 0 Å². The van der Waals surface area contributed by atoms with Gasteiger partial charge in [0.15, 0.2) is 11.5 Å². The van der Waals surface area contributed by atoms with Gasteiger partial charge in [0, 0.05) is 5.92 Å². The Bertz CT molecular complexity index is 1390. The van der Waals surface area contributed by atoms with E-state index in [9.17, 15) is 29.5 Å². The molecule has 1 saturated carbocycles. The molecular formula is C28H26N2O7. The Hall–Kier alpha value is -3.98. The standard InChI is InChI=1S/C28H26N2O7/c1-28-19(25(33)29(27(28)35)15-6-4-3-5-7-15)13-18-16(9-10-17-22(18)26(34)30(36)24(17)32)23(28)14-8-11-20(31)21(12-14)37-2/h3-9,11-12,17-19,22-23,31,36H,10,13H2,1-2H3. The Morgan fingerprint density at radius 2 is 1.70 bits per heavy atom. The lowest BCUT2D eigenvalue weighted by Gasteiger charge is -2.49. The zero-order valence-corrected chi connectivity index (χ0v) is 20.3. The number of para-hydroxylation sites is 1. The molecule has 4 aliphatic rings. The molecule has 0 bridgehead atoms. The van der Waals surface area contributed by atoms with Crippen LogP contribution in [0.5, 0.6) is 11.5 Å². The number of nitrogens with zero attached hydrogens (tertiary/aromatic N) is 2. The Morgan fingerprint density at radius 3 is 2.41 bits per heavy atom. The van der Waals surface area contributed by atoms with Crippen LogP contribution in [0.3, 0.4) is 0 Å². The summed E-state index contributed by atoms with van der Waals surface area (Å²) in [4.78, 5) is 54.9. The van der Waals surface area contributed by atoms with Crippen LogP contribution in [0, 0.1) is 29.1 Å². The molecule has 2 aliphatic carbocycles. The number of rotatable bonds is 3. The van der Waals surface area contributed by atoms with Crippen molar-refractivity contribution in [3.05, 3.63) is 65.7 Å². The molecule has 4 amide bonds. The van der Waals surface area contributed by atoms with Gasteiger partial charge in [0.1, 0.15) is 0 Å². The molecule has 6 rings (SSSR count). The largest absolute Gasteiger partial charge is 0.504 e. The second-order valence-corrected chi connectivity index (χ2v) is 10.4. The molecule has 2 aliphatic heterocycles. The lowest BCUT2D eigenvalue weighted by molar-refractivity contribution is -0.173. The average molecular weight is 503 g/mol. The van der Waals surface area contributed by atoms with Gasteiger partial charge < -0.3 is 9.84 Å². The number of benzene rings is 2. The Labute approximate surface area is 212 Å². The third-order valence-electron chi connectivity index (χ3n) is 8.80. The van der Waals surface area contributed by atoms with Gasteiger partial charge in [0.2, 0.25) is 11.8 Å². The maximum Gasteiger partial charge on any atom is 0.257 e. The SMILES string of the molecule is COc1cc(C2C3=CCC4C(=O)N(O)C(=O)C4C3CC3C(=O)N(c4ccccc4)C(=O)C32C)ccc1O. The first-order valence-corrected chi connectivity index (χ1v) is 12.3. The molecule has 2 saturated heterocycles. The number of carbonyl (C=O) groups excluding carboxylic acids is 4.